The Kier molecular flexibility index (Phi) is 7.94. The van der Waals surface area contributed by atoms with E-state index in [1.807, 2.05) is 38.2 Å². The van der Waals surface area contributed by atoms with Crippen LogP contribution in [-0.2, 0) is 22.7 Å². The zero-order valence-corrected chi connectivity index (χ0v) is 21.3. The first-order valence-electron chi connectivity index (χ1n) is 11.6. The van der Waals surface area contributed by atoms with Crippen molar-refractivity contribution in [1.82, 2.24) is 14.7 Å². The van der Waals surface area contributed by atoms with Crippen molar-refractivity contribution in [3.63, 3.8) is 0 Å². The van der Waals surface area contributed by atoms with Gasteiger partial charge in [-0.1, -0.05) is 11.6 Å². The molecule has 0 saturated carbocycles. The van der Waals surface area contributed by atoms with Gasteiger partial charge in [0.05, 0.1) is 12.7 Å². The average Bonchev–Trinajstić information content (AvgIpc) is 3.26. The molecular formula is C27H34N4O4. The van der Waals surface area contributed by atoms with E-state index in [4.69, 9.17) is 14.9 Å². The molecule has 2 heterocycles. The van der Waals surface area contributed by atoms with Crippen molar-refractivity contribution in [1.29, 1.82) is 5.41 Å². The fourth-order valence-electron chi connectivity index (χ4n) is 3.95. The van der Waals surface area contributed by atoms with Crippen LogP contribution < -0.4 is 9.47 Å². The molecule has 8 nitrogen and oxygen atoms in total. The second kappa shape index (κ2) is 10.7. The van der Waals surface area contributed by atoms with Crippen LogP contribution in [0.15, 0.2) is 47.8 Å². The molecule has 3 rings (SSSR count). The van der Waals surface area contributed by atoms with E-state index in [1.165, 1.54) is 13.0 Å². The lowest BCUT2D eigenvalue weighted by Gasteiger charge is -2.36. The third-order valence-electron chi connectivity index (χ3n) is 6.06. The van der Waals surface area contributed by atoms with E-state index in [9.17, 15) is 9.59 Å². The fourth-order valence-corrected chi connectivity index (χ4v) is 3.95. The molecule has 35 heavy (non-hydrogen) atoms. The predicted octanol–water partition coefficient (Wildman–Crippen LogP) is 4.44. The highest BCUT2D eigenvalue weighted by Gasteiger charge is 2.35. The molecule has 2 aromatic rings. The summed E-state index contributed by atoms with van der Waals surface area (Å²) in [4.78, 5) is 27.3. The molecule has 0 aliphatic carbocycles. The molecule has 186 valence electrons. The second-order valence-electron chi connectivity index (χ2n) is 9.41. The first kappa shape index (κ1) is 25.9. The van der Waals surface area contributed by atoms with Crippen LogP contribution in [-0.4, -0.2) is 50.8 Å². The minimum atomic E-state index is -1.06. The molecule has 0 saturated heterocycles. The number of nitrogens with zero attached hydrogens (tertiary/aromatic N) is 3. The summed E-state index contributed by atoms with van der Waals surface area (Å²) in [5, 5.41) is 12.3. The SMILES string of the molecule is CC(=N)C(Cn1cc(/C=C\C(=O)C(C)(C)N(Cc2ccc3c(c2)OCCO3)C(C)=O)cn1)=C(C)C. The molecule has 1 aliphatic heterocycles. The minimum Gasteiger partial charge on any atom is -0.486 e. The van der Waals surface area contributed by atoms with Gasteiger partial charge in [0, 0.05) is 30.9 Å². The number of aromatic nitrogens is 2. The Labute approximate surface area is 206 Å². The highest BCUT2D eigenvalue weighted by atomic mass is 16.6. The maximum Gasteiger partial charge on any atom is 0.220 e. The molecule has 8 heteroatoms. The van der Waals surface area contributed by atoms with E-state index in [2.05, 4.69) is 5.10 Å². The van der Waals surface area contributed by atoms with E-state index in [-0.39, 0.29) is 18.2 Å². The summed E-state index contributed by atoms with van der Waals surface area (Å²) in [5.41, 5.74) is 3.08. The molecule has 0 radical (unpaired) electrons. The van der Waals surface area contributed by atoms with Crippen molar-refractivity contribution in [3.05, 3.63) is 58.9 Å². The monoisotopic (exact) mass is 478 g/mol. The van der Waals surface area contributed by atoms with Crippen molar-refractivity contribution in [2.75, 3.05) is 13.2 Å². The highest BCUT2D eigenvalue weighted by Crippen LogP contribution is 2.32. The molecule has 1 aliphatic rings. The van der Waals surface area contributed by atoms with E-state index < -0.39 is 5.54 Å². The van der Waals surface area contributed by atoms with Crippen molar-refractivity contribution in [2.24, 2.45) is 0 Å². The van der Waals surface area contributed by atoms with E-state index in [0.29, 0.717) is 37.0 Å². The van der Waals surface area contributed by atoms with Crippen molar-refractivity contribution < 1.29 is 19.1 Å². The number of carbonyl (C=O) groups excluding carboxylic acids is 2. The van der Waals surface area contributed by atoms with Crippen LogP contribution >= 0.6 is 0 Å². The molecule has 0 spiro atoms. The summed E-state index contributed by atoms with van der Waals surface area (Å²) in [7, 11) is 0. The molecular weight excluding hydrogens is 444 g/mol. The summed E-state index contributed by atoms with van der Waals surface area (Å²) in [6.07, 6.45) is 6.71. The number of ketones is 1. The van der Waals surface area contributed by atoms with Gasteiger partial charge in [0.2, 0.25) is 5.91 Å². The van der Waals surface area contributed by atoms with Gasteiger partial charge in [0.15, 0.2) is 17.3 Å². The van der Waals surface area contributed by atoms with Crippen LogP contribution in [0.25, 0.3) is 6.08 Å². The summed E-state index contributed by atoms with van der Waals surface area (Å²) < 4.78 is 13.0. The Morgan fingerprint density at radius 2 is 1.83 bits per heavy atom. The Hall–Kier alpha value is -3.68. The number of allylic oxidation sites excluding steroid dienone is 2. The maximum atomic E-state index is 13.2. The van der Waals surface area contributed by atoms with Gasteiger partial charge in [-0.05, 0) is 70.0 Å². The molecule has 0 fully saturated rings. The number of nitrogens with one attached hydrogen (secondary N) is 1. The molecule has 0 atom stereocenters. The number of hydrogen-bond acceptors (Lipinski definition) is 6. The van der Waals surface area contributed by atoms with Gasteiger partial charge in [0.25, 0.3) is 0 Å². The van der Waals surface area contributed by atoms with Crippen LogP contribution in [0.5, 0.6) is 11.5 Å². The fraction of sp³-hybridized carbons (Fsp3) is 0.407. The molecule has 1 N–H and O–H groups in total. The third kappa shape index (κ3) is 6.26. The van der Waals surface area contributed by atoms with Crippen LogP contribution in [0.1, 0.15) is 52.7 Å². The predicted molar refractivity (Wildman–Crippen MR) is 136 cm³/mol. The van der Waals surface area contributed by atoms with Gasteiger partial charge < -0.3 is 19.8 Å². The number of fused-ring (bicyclic) bond motifs is 1. The Bertz CT molecular complexity index is 1190. The average molecular weight is 479 g/mol. The molecule has 1 aromatic carbocycles. The number of amides is 1. The summed E-state index contributed by atoms with van der Waals surface area (Å²) in [6, 6.07) is 5.56. The van der Waals surface area contributed by atoms with Crippen LogP contribution in [0, 0.1) is 5.41 Å². The molecule has 0 unspecified atom stereocenters. The lowest BCUT2D eigenvalue weighted by atomic mass is 9.94. The Morgan fingerprint density at radius 1 is 1.14 bits per heavy atom. The van der Waals surface area contributed by atoms with Crippen molar-refractivity contribution in [2.45, 2.75) is 60.2 Å². The smallest absolute Gasteiger partial charge is 0.220 e. The number of carbonyl (C=O) groups is 2. The van der Waals surface area contributed by atoms with E-state index in [1.54, 1.807) is 42.6 Å². The number of ether oxygens (including phenoxy) is 2. The second-order valence-corrected chi connectivity index (χ2v) is 9.41. The summed E-state index contributed by atoms with van der Waals surface area (Å²) in [5.74, 6) is 0.933. The van der Waals surface area contributed by atoms with Gasteiger partial charge >= 0.3 is 0 Å². The van der Waals surface area contributed by atoms with Crippen LogP contribution in [0.3, 0.4) is 0 Å². The minimum absolute atomic E-state index is 0.196. The van der Waals surface area contributed by atoms with Gasteiger partial charge in [-0.25, -0.2) is 0 Å². The topological polar surface area (TPSA) is 97.5 Å². The van der Waals surface area contributed by atoms with Gasteiger partial charge in [-0.15, -0.1) is 0 Å². The normalized spacial score (nSPS) is 13.0. The summed E-state index contributed by atoms with van der Waals surface area (Å²) in [6.45, 7) is 12.4. The largest absolute Gasteiger partial charge is 0.486 e. The lowest BCUT2D eigenvalue weighted by molar-refractivity contribution is -0.141. The zero-order valence-electron chi connectivity index (χ0n) is 21.3. The van der Waals surface area contributed by atoms with Crippen LogP contribution in [0.4, 0.5) is 0 Å². The Balaban J connectivity index is 1.73. The third-order valence-corrected chi connectivity index (χ3v) is 6.06. The number of benzene rings is 1. The number of hydrogen-bond donors (Lipinski definition) is 1. The van der Waals surface area contributed by atoms with Gasteiger partial charge in [-0.2, -0.15) is 5.10 Å². The van der Waals surface area contributed by atoms with E-state index in [0.717, 1.165) is 22.3 Å². The van der Waals surface area contributed by atoms with Gasteiger partial charge in [0.1, 0.15) is 18.8 Å². The van der Waals surface area contributed by atoms with Crippen LogP contribution in [0.2, 0.25) is 0 Å². The highest BCUT2D eigenvalue weighted by molar-refractivity contribution is 6.02. The quantitative estimate of drug-likeness (QED) is 0.424. The lowest BCUT2D eigenvalue weighted by Crippen LogP contribution is -2.51. The first-order chi connectivity index (χ1) is 16.5. The number of rotatable bonds is 9. The standard InChI is InChI=1S/C27H34N4O4/c1-18(2)23(19(3)28)17-30-15-22(14-29-30)8-10-26(33)27(5,6)31(20(4)32)16-21-7-9-24-25(13-21)35-12-11-34-24/h7-10,13-15,28H,11-12,16-17H2,1-6H3/b10-8-,28-19?. The molecule has 1 amide bonds. The maximum absolute atomic E-state index is 13.2. The first-order valence-corrected chi connectivity index (χ1v) is 11.6. The molecule has 1 aromatic heterocycles. The van der Waals surface area contributed by atoms with Crippen molar-refractivity contribution in [3.8, 4) is 11.5 Å². The summed E-state index contributed by atoms with van der Waals surface area (Å²) >= 11 is 0. The van der Waals surface area contributed by atoms with Gasteiger partial charge in [-0.3, -0.25) is 14.3 Å². The molecule has 0 bridgehead atoms. The Morgan fingerprint density at radius 3 is 2.46 bits per heavy atom. The zero-order chi connectivity index (χ0) is 25.8. The van der Waals surface area contributed by atoms with E-state index >= 15 is 0 Å². The van der Waals surface area contributed by atoms with Crippen molar-refractivity contribution >= 4 is 23.5 Å².